The van der Waals surface area contributed by atoms with E-state index < -0.39 is 0 Å². The summed E-state index contributed by atoms with van der Waals surface area (Å²) < 4.78 is 0. The minimum atomic E-state index is -0.137. The number of aldehydes is 1. The van der Waals surface area contributed by atoms with Gasteiger partial charge in [-0.1, -0.05) is 12.1 Å². The van der Waals surface area contributed by atoms with E-state index in [1.165, 1.54) is 0 Å². The van der Waals surface area contributed by atoms with Crippen molar-refractivity contribution in [1.29, 1.82) is 0 Å². The van der Waals surface area contributed by atoms with Gasteiger partial charge in [-0.05, 0) is 62.3 Å². The first-order valence-corrected chi connectivity index (χ1v) is 7.78. The number of aromatic nitrogens is 1. The molecular formula is C18H11NO2S. The zero-order chi connectivity index (χ0) is 15.1. The maximum atomic E-state index is 12.2. The normalized spacial score (nSPS) is 11.1. The number of hydrogen-bond acceptors (Lipinski definition) is 3. The highest BCUT2D eigenvalue weighted by molar-refractivity contribution is 7.08. The molecule has 3 nitrogen and oxygen atoms in total. The number of rotatable bonds is 2. The van der Waals surface area contributed by atoms with E-state index in [1.807, 2.05) is 35.7 Å². The van der Waals surface area contributed by atoms with Gasteiger partial charge >= 0.3 is 0 Å². The van der Waals surface area contributed by atoms with Crippen LogP contribution in [0.5, 0.6) is 0 Å². The fraction of sp³-hybridized carbons (Fsp3) is 0. The molecule has 106 valence electrons. The van der Waals surface area contributed by atoms with E-state index in [4.69, 9.17) is 0 Å². The first-order chi connectivity index (χ1) is 10.8. The summed E-state index contributed by atoms with van der Waals surface area (Å²) >= 11 is 1.63. The molecular weight excluding hydrogens is 294 g/mol. The minimum Gasteiger partial charge on any atom is -0.329 e. The minimum absolute atomic E-state index is 0.137. The molecule has 0 amide bonds. The standard InChI is InChI=1S/C18H11NO2S/c20-9-14-7-12-3-5-19-18(21)17(12)16-8-11(1-2-15(14)16)13-4-6-22-10-13/h1-10H,(H,19,21). The molecule has 0 bridgehead atoms. The number of carbonyl (C=O) groups is 1. The van der Waals surface area contributed by atoms with E-state index in [9.17, 15) is 9.59 Å². The molecule has 22 heavy (non-hydrogen) atoms. The molecule has 2 aromatic carbocycles. The predicted molar refractivity (Wildman–Crippen MR) is 90.8 cm³/mol. The van der Waals surface area contributed by atoms with Crippen LogP contribution in [0.1, 0.15) is 10.4 Å². The Morgan fingerprint density at radius 1 is 1.00 bits per heavy atom. The maximum absolute atomic E-state index is 12.2. The number of aromatic amines is 1. The fourth-order valence-corrected chi connectivity index (χ4v) is 3.51. The number of carbonyl (C=O) groups excluding carboxylic acids is 1. The van der Waals surface area contributed by atoms with Gasteiger partial charge in [0.15, 0.2) is 6.29 Å². The number of hydrogen-bond donors (Lipinski definition) is 1. The Kier molecular flexibility index (Phi) is 2.91. The largest absolute Gasteiger partial charge is 0.329 e. The molecule has 0 atom stereocenters. The zero-order valence-corrected chi connectivity index (χ0v) is 12.3. The lowest BCUT2D eigenvalue weighted by atomic mass is 9.96. The molecule has 0 spiro atoms. The third kappa shape index (κ3) is 1.89. The Morgan fingerprint density at radius 3 is 2.68 bits per heavy atom. The topological polar surface area (TPSA) is 49.9 Å². The van der Waals surface area contributed by atoms with Gasteiger partial charge in [0.25, 0.3) is 5.56 Å². The monoisotopic (exact) mass is 305 g/mol. The third-order valence-corrected chi connectivity index (χ3v) is 4.57. The number of H-pyrrole nitrogens is 1. The predicted octanol–water partition coefficient (Wildman–Crippen LogP) is 4.22. The first kappa shape index (κ1) is 13.0. The molecule has 4 heteroatoms. The van der Waals surface area contributed by atoms with Crippen LogP contribution in [0.15, 0.2) is 58.1 Å². The van der Waals surface area contributed by atoms with Gasteiger partial charge in [-0.3, -0.25) is 9.59 Å². The van der Waals surface area contributed by atoms with Gasteiger partial charge in [0.2, 0.25) is 0 Å². The molecule has 0 saturated heterocycles. The molecule has 0 radical (unpaired) electrons. The molecule has 0 fully saturated rings. The van der Waals surface area contributed by atoms with Crippen LogP contribution in [0.3, 0.4) is 0 Å². The molecule has 0 aliphatic rings. The number of benzene rings is 2. The van der Waals surface area contributed by atoms with Crippen molar-refractivity contribution in [2.75, 3.05) is 0 Å². The van der Waals surface area contributed by atoms with Crippen molar-refractivity contribution in [2.24, 2.45) is 0 Å². The molecule has 4 aromatic rings. The summed E-state index contributed by atoms with van der Waals surface area (Å²) in [5.74, 6) is 0. The smallest absolute Gasteiger partial charge is 0.256 e. The second-order valence-corrected chi connectivity index (χ2v) is 5.91. The lowest BCUT2D eigenvalue weighted by Crippen LogP contribution is -2.05. The van der Waals surface area contributed by atoms with Crippen molar-refractivity contribution in [2.45, 2.75) is 0 Å². The lowest BCUT2D eigenvalue weighted by molar-refractivity contribution is 0.112. The van der Waals surface area contributed by atoms with Gasteiger partial charge in [0.05, 0.1) is 5.39 Å². The Labute approximate surface area is 129 Å². The number of fused-ring (bicyclic) bond motifs is 3. The second kappa shape index (κ2) is 4.93. The highest BCUT2D eigenvalue weighted by Gasteiger charge is 2.10. The third-order valence-electron chi connectivity index (χ3n) is 3.89. The van der Waals surface area contributed by atoms with Crippen molar-refractivity contribution in [3.63, 3.8) is 0 Å². The van der Waals surface area contributed by atoms with Gasteiger partial charge in [-0.2, -0.15) is 11.3 Å². The summed E-state index contributed by atoms with van der Waals surface area (Å²) in [6, 6.07) is 11.5. The first-order valence-electron chi connectivity index (χ1n) is 6.84. The van der Waals surface area contributed by atoms with Crippen molar-refractivity contribution < 1.29 is 4.79 Å². The van der Waals surface area contributed by atoms with Crippen LogP contribution >= 0.6 is 11.3 Å². The second-order valence-electron chi connectivity index (χ2n) is 5.13. The maximum Gasteiger partial charge on any atom is 0.256 e. The van der Waals surface area contributed by atoms with Crippen LogP contribution in [0.4, 0.5) is 0 Å². The Hall–Kier alpha value is -2.72. The van der Waals surface area contributed by atoms with E-state index in [1.54, 1.807) is 23.6 Å². The molecule has 0 aliphatic carbocycles. The SMILES string of the molecule is O=Cc1cc2cc[nH]c(=O)c2c2cc(-c3ccsc3)ccc12. The summed E-state index contributed by atoms with van der Waals surface area (Å²) in [6.07, 6.45) is 2.45. The summed E-state index contributed by atoms with van der Waals surface area (Å²) in [5, 5.41) is 7.10. The van der Waals surface area contributed by atoms with E-state index >= 15 is 0 Å². The number of thiophene rings is 1. The Bertz CT molecular complexity index is 1060. The molecule has 2 heterocycles. The highest BCUT2D eigenvalue weighted by Crippen LogP contribution is 2.31. The van der Waals surface area contributed by atoms with Crippen LogP contribution in [0.25, 0.3) is 32.7 Å². The summed E-state index contributed by atoms with van der Waals surface area (Å²) in [6.45, 7) is 0. The van der Waals surface area contributed by atoms with Gasteiger partial charge < -0.3 is 4.98 Å². The Morgan fingerprint density at radius 2 is 1.91 bits per heavy atom. The Balaban J connectivity index is 2.20. The average molecular weight is 305 g/mol. The number of nitrogens with one attached hydrogen (secondary N) is 1. The van der Waals surface area contributed by atoms with Gasteiger partial charge in [0, 0.05) is 11.8 Å². The van der Waals surface area contributed by atoms with E-state index in [0.717, 1.165) is 33.6 Å². The van der Waals surface area contributed by atoms with Crippen molar-refractivity contribution in [1.82, 2.24) is 4.98 Å². The molecule has 0 saturated carbocycles. The molecule has 0 unspecified atom stereocenters. The molecule has 2 aromatic heterocycles. The lowest BCUT2D eigenvalue weighted by Gasteiger charge is -2.08. The average Bonchev–Trinajstić information content (AvgIpc) is 3.08. The highest BCUT2D eigenvalue weighted by atomic mass is 32.1. The fourth-order valence-electron chi connectivity index (χ4n) is 2.85. The molecule has 4 rings (SSSR count). The van der Waals surface area contributed by atoms with Crippen LogP contribution in [-0.2, 0) is 0 Å². The summed E-state index contributed by atoms with van der Waals surface area (Å²) in [4.78, 5) is 26.3. The van der Waals surface area contributed by atoms with Crippen LogP contribution < -0.4 is 5.56 Å². The summed E-state index contributed by atoms with van der Waals surface area (Å²) in [5.41, 5.74) is 2.62. The quantitative estimate of drug-likeness (QED) is 0.445. The van der Waals surface area contributed by atoms with Crippen molar-refractivity contribution in [3.8, 4) is 11.1 Å². The van der Waals surface area contributed by atoms with E-state index in [2.05, 4.69) is 10.4 Å². The molecule has 0 aliphatic heterocycles. The van der Waals surface area contributed by atoms with Crippen LogP contribution in [0.2, 0.25) is 0 Å². The van der Waals surface area contributed by atoms with Crippen molar-refractivity contribution in [3.05, 3.63) is 69.3 Å². The van der Waals surface area contributed by atoms with Gasteiger partial charge in [-0.25, -0.2) is 0 Å². The summed E-state index contributed by atoms with van der Waals surface area (Å²) in [7, 11) is 0. The van der Waals surface area contributed by atoms with E-state index in [-0.39, 0.29) is 5.56 Å². The van der Waals surface area contributed by atoms with Gasteiger partial charge in [0.1, 0.15) is 0 Å². The zero-order valence-electron chi connectivity index (χ0n) is 11.5. The van der Waals surface area contributed by atoms with E-state index in [0.29, 0.717) is 10.9 Å². The molecule has 1 N–H and O–H groups in total. The van der Waals surface area contributed by atoms with Crippen LogP contribution in [-0.4, -0.2) is 11.3 Å². The van der Waals surface area contributed by atoms with Crippen molar-refractivity contribution >= 4 is 39.2 Å². The van der Waals surface area contributed by atoms with Gasteiger partial charge in [-0.15, -0.1) is 0 Å². The van der Waals surface area contributed by atoms with Crippen LogP contribution in [0, 0.1) is 0 Å². The number of pyridine rings is 1.